The maximum absolute atomic E-state index is 5.99. The van der Waals surface area contributed by atoms with E-state index in [9.17, 15) is 0 Å². The van der Waals surface area contributed by atoms with Gasteiger partial charge in [0.05, 0.1) is 6.20 Å². The van der Waals surface area contributed by atoms with Crippen LogP contribution in [0.2, 0.25) is 5.02 Å². The van der Waals surface area contributed by atoms with Crippen molar-refractivity contribution in [2.45, 2.75) is 13.3 Å². The summed E-state index contributed by atoms with van der Waals surface area (Å²) in [6.45, 7) is 2.75. The fraction of sp³-hybridized carbons (Fsp3) is 0.167. The minimum atomic E-state index is 0.496. The van der Waals surface area contributed by atoms with Crippen LogP contribution in [0.4, 0.5) is 17.5 Å². The molecule has 2 aromatic carbocycles. The maximum Gasteiger partial charge on any atom is 0.244 e. The third kappa shape index (κ3) is 4.43. The molecule has 0 atom stereocenters. The van der Waals surface area contributed by atoms with Crippen LogP contribution in [0.25, 0.3) is 0 Å². The third-order valence-electron chi connectivity index (χ3n) is 3.55. The minimum absolute atomic E-state index is 0.496. The van der Waals surface area contributed by atoms with E-state index in [1.165, 1.54) is 0 Å². The monoisotopic (exact) mass is 339 g/mol. The van der Waals surface area contributed by atoms with Crippen molar-refractivity contribution in [1.82, 2.24) is 15.2 Å². The molecule has 3 aromatic rings. The second-order valence-corrected chi connectivity index (χ2v) is 5.85. The number of hydrogen-bond acceptors (Lipinski definition) is 5. The Labute approximate surface area is 146 Å². The quantitative estimate of drug-likeness (QED) is 0.703. The lowest BCUT2D eigenvalue weighted by Crippen LogP contribution is -2.09. The van der Waals surface area contributed by atoms with E-state index in [4.69, 9.17) is 11.6 Å². The molecule has 0 saturated heterocycles. The SMILES string of the molecule is Cc1ccccc1Nc1cnnc(NCCc2cccc(Cl)c2)n1. The molecule has 0 spiro atoms. The molecule has 24 heavy (non-hydrogen) atoms. The van der Waals surface area contributed by atoms with Gasteiger partial charge in [-0.25, -0.2) is 0 Å². The van der Waals surface area contributed by atoms with E-state index < -0.39 is 0 Å². The van der Waals surface area contributed by atoms with Crippen LogP contribution in [0.15, 0.2) is 54.7 Å². The van der Waals surface area contributed by atoms with Crippen LogP contribution in [-0.4, -0.2) is 21.7 Å². The topological polar surface area (TPSA) is 62.7 Å². The summed E-state index contributed by atoms with van der Waals surface area (Å²) < 4.78 is 0. The van der Waals surface area contributed by atoms with E-state index >= 15 is 0 Å². The first-order valence-corrected chi connectivity index (χ1v) is 8.09. The number of hydrogen-bond donors (Lipinski definition) is 2. The predicted octanol–water partition coefficient (Wildman–Crippen LogP) is 4.23. The molecule has 122 valence electrons. The van der Waals surface area contributed by atoms with Crippen molar-refractivity contribution in [2.24, 2.45) is 0 Å². The molecule has 1 aromatic heterocycles. The molecule has 0 bridgehead atoms. The van der Waals surface area contributed by atoms with Gasteiger partial charge in [-0.05, 0) is 42.7 Å². The summed E-state index contributed by atoms with van der Waals surface area (Å²) in [6.07, 6.45) is 2.44. The van der Waals surface area contributed by atoms with Gasteiger partial charge in [0.1, 0.15) is 0 Å². The highest BCUT2D eigenvalue weighted by atomic mass is 35.5. The average molecular weight is 340 g/mol. The highest BCUT2D eigenvalue weighted by molar-refractivity contribution is 6.30. The summed E-state index contributed by atoms with van der Waals surface area (Å²) in [7, 11) is 0. The zero-order valence-corrected chi connectivity index (χ0v) is 14.1. The number of rotatable bonds is 6. The largest absolute Gasteiger partial charge is 0.353 e. The highest BCUT2D eigenvalue weighted by Gasteiger charge is 2.03. The summed E-state index contributed by atoms with van der Waals surface area (Å²) in [5.74, 6) is 1.15. The lowest BCUT2D eigenvalue weighted by molar-refractivity contribution is 0.929. The van der Waals surface area contributed by atoms with Crippen LogP contribution in [-0.2, 0) is 6.42 Å². The summed E-state index contributed by atoms with van der Waals surface area (Å²) in [6, 6.07) is 15.8. The van der Waals surface area contributed by atoms with Gasteiger partial charge in [-0.2, -0.15) is 10.1 Å². The zero-order valence-electron chi connectivity index (χ0n) is 13.3. The molecule has 0 saturated carbocycles. The van der Waals surface area contributed by atoms with Crippen molar-refractivity contribution < 1.29 is 0 Å². The molecular weight excluding hydrogens is 322 g/mol. The molecule has 0 radical (unpaired) electrons. The fourth-order valence-electron chi connectivity index (χ4n) is 2.30. The van der Waals surface area contributed by atoms with Crippen molar-refractivity contribution in [3.05, 3.63) is 70.9 Å². The molecule has 2 N–H and O–H groups in total. The number of aromatic nitrogens is 3. The first-order valence-electron chi connectivity index (χ1n) is 7.71. The van der Waals surface area contributed by atoms with Crippen LogP contribution in [0.3, 0.4) is 0 Å². The summed E-state index contributed by atoms with van der Waals surface area (Å²) in [4.78, 5) is 4.44. The molecule has 0 aliphatic heterocycles. The van der Waals surface area contributed by atoms with E-state index in [-0.39, 0.29) is 0 Å². The van der Waals surface area contributed by atoms with Gasteiger partial charge in [-0.15, -0.1) is 5.10 Å². The minimum Gasteiger partial charge on any atom is -0.353 e. The Balaban J connectivity index is 1.60. The van der Waals surface area contributed by atoms with Crippen molar-refractivity contribution in [1.29, 1.82) is 0 Å². The van der Waals surface area contributed by atoms with E-state index in [0.717, 1.165) is 28.3 Å². The molecule has 0 fully saturated rings. The van der Waals surface area contributed by atoms with Gasteiger partial charge >= 0.3 is 0 Å². The molecule has 0 amide bonds. The maximum atomic E-state index is 5.99. The Morgan fingerprint density at radius 1 is 1.08 bits per heavy atom. The number of halogens is 1. The Bertz CT molecular complexity index is 822. The van der Waals surface area contributed by atoms with E-state index in [1.807, 2.05) is 55.5 Å². The van der Waals surface area contributed by atoms with Gasteiger partial charge in [0.2, 0.25) is 5.95 Å². The number of aryl methyl sites for hydroxylation is 1. The number of anilines is 3. The van der Waals surface area contributed by atoms with Crippen LogP contribution < -0.4 is 10.6 Å². The van der Waals surface area contributed by atoms with Crippen LogP contribution in [0.5, 0.6) is 0 Å². The number of para-hydroxylation sites is 1. The third-order valence-corrected chi connectivity index (χ3v) is 3.79. The summed E-state index contributed by atoms with van der Waals surface area (Å²) in [5, 5.41) is 15.2. The fourth-order valence-corrected chi connectivity index (χ4v) is 2.51. The van der Waals surface area contributed by atoms with E-state index in [2.05, 4.69) is 25.8 Å². The van der Waals surface area contributed by atoms with Gasteiger partial charge in [-0.3, -0.25) is 0 Å². The Hall–Kier alpha value is -2.66. The number of benzene rings is 2. The first kappa shape index (κ1) is 16.2. The first-order chi connectivity index (χ1) is 11.7. The molecule has 6 heteroatoms. The molecule has 0 unspecified atom stereocenters. The van der Waals surface area contributed by atoms with E-state index in [1.54, 1.807) is 6.20 Å². The highest BCUT2D eigenvalue weighted by Crippen LogP contribution is 2.18. The Morgan fingerprint density at radius 3 is 2.79 bits per heavy atom. The van der Waals surface area contributed by atoms with Crippen molar-refractivity contribution in [2.75, 3.05) is 17.2 Å². The lowest BCUT2D eigenvalue weighted by atomic mass is 10.1. The van der Waals surface area contributed by atoms with Crippen molar-refractivity contribution in [3.8, 4) is 0 Å². The van der Waals surface area contributed by atoms with Gasteiger partial charge in [0, 0.05) is 17.3 Å². The Kier molecular flexibility index (Phi) is 5.23. The second-order valence-electron chi connectivity index (χ2n) is 5.41. The van der Waals surface area contributed by atoms with Crippen molar-refractivity contribution >= 4 is 29.1 Å². The van der Waals surface area contributed by atoms with Crippen LogP contribution in [0, 0.1) is 6.92 Å². The number of nitrogens with zero attached hydrogens (tertiary/aromatic N) is 3. The average Bonchev–Trinajstić information content (AvgIpc) is 2.58. The molecule has 0 aliphatic rings. The van der Waals surface area contributed by atoms with Gasteiger partial charge in [0.15, 0.2) is 5.82 Å². The molecule has 0 aliphatic carbocycles. The lowest BCUT2D eigenvalue weighted by Gasteiger charge is -2.09. The second kappa shape index (κ2) is 7.75. The molecular formula is C18H18ClN5. The summed E-state index contributed by atoms with van der Waals surface area (Å²) >= 11 is 5.99. The summed E-state index contributed by atoms with van der Waals surface area (Å²) in [5.41, 5.74) is 3.31. The standard InChI is InChI=1S/C18H18ClN5/c1-13-5-2-3-8-16(13)22-17-12-21-24-18(23-17)20-10-9-14-6-4-7-15(19)11-14/h2-8,11-12H,9-10H2,1H3,(H2,20,22,23,24). The molecule has 3 rings (SSSR count). The van der Waals surface area contributed by atoms with Crippen LogP contribution in [0.1, 0.15) is 11.1 Å². The number of nitrogens with one attached hydrogen (secondary N) is 2. The van der Waals surface area contributed by atoms with E-state index in [0.29, 0.717) is 18.3 Å². The predicted molar refractivity (Wildman–Crippen MR) is 97.9 cm³/mol. The van der Waals surface area contributed by atoms with Gasteiger partial charge < -0.3 is 10.6 Å². The molecule has 5 nitrogen and oxygen atoms in total. The zero-order chi connectivity index (χ0) is 16.8. The smallest absolute Gasteiger partial charge is 0.244 e. The van der Waals surface area contributed by atoms with Crippen molar-refractivity contribution in [3.63, 3.8) is 0 Å². The van der Waals surface area contributed by atoms with Gasteiger partial charge in [-0.1, -0.05) is 41.9 Å². The van der Waals surface area contributed by atoms with Crippen LogP contribution >= 0.6 is 11.6 Å². The normalized spacial score (nSPS) is 10.4. The Morgan fingerprint density at radius 2 is 1.96 bits per heavy atom. The van der Waals surface area contributed by atoms with Gasteiger partial charge in [0.25, 0.3) is 0 Å². The molecule has 1 heterocycles.